The monoisotopic (exact) mass is 391 g/mol. The third-order valence-corrected chi connectivity index (χ3v) is 4.34. The molecule has 1 aliphatic heterocycles. The van der Waals surface area contributed by atoms with Gasteiger partial charge in [-0.1, -0.05) is 17.3 Å². The van der Waals surface area contributed by atoms with Gasteiger partial charge in [0.05, 0.1) is 7.11 Å². The molecule has 0 bridgehead atoms. The summed E-state index contributed by atoms with van der Waals surface area (Å²) in [5, 5.41) is 4.06. The largest absolute Gasteiger partial charge is 0.524 e. The maximum atomic E-state index is 10.9. The molecule has 10 heteroatoms. The van der Waals surface area contributed by atoms with Gasteiger partial charge >= 0.3 is 7.82 Å². The van der Waals surface area contributed by atoms with Gasteiger partial charge in [-0.15, -0.1) is 0 Å². The predicted octanol–water partition coefficient (Wildman–Crippen LogP) is 3.22. The van der Waals surface area contributed by atoms with E-state index in [4.69, 9.17) is 28.5 Å². The van der Waals surface area contributed by atoms with Crippen LogP contribution in [0.2, 0.25) is 0 Å². The molecule has 140 valence electrons. The zero-order valence-electron chi connectivity index (χ0n) is 14.0. The quantitative estimate of drug-likeness (QED) is 0.632. The summed E-state index contributed by atoms with van der Waals surface area (Å²) >= 11 is 0. The number of hydrogen-bond donors (Lipinski definition) is 2. The summed E-state index contributed by atoms with van der Waals surface area (Å²) in [6.45, 7) is 0.113. The van der Waals surface area contributed by atoms with Crippen molar-refractivity contribution in [2.45, 2.75) is 0 Å². The first-order chi connectivity index (χ1) is 12.9. The Hall–Kier alpha value is -3.00. The SMILES string of the molecule is COc1cc(-c2nocc2-c2ccc(OP(=O)(O)O)cc2)cc2c1OCO2. The van der Waals surface area contributed by atoms with Crippen LogP contribution in [0.1, 0.15) is 0 Å². The van der Waals surface area contributed by atoms with Gasteiger partial charge < -0.3 is 23.3 Å². The minimum Gasteiger partial charge on any atom is -0.493 e. The Labute approximate surface area is 153 Å². The van der Waals surface area contributed by atoms with Gasteiger partial charge in [-0.25, -0.2) is 4.57 Å². The average Bonchev–Trinajstić information content (AvgIpc) is 3.29. The molecule has 3 aromatic rings. The number of aromatic nitrogens is 1. The summed E-state index contributed by atoms with van der Waals surface area (Å²) < 4.78 is 36.8. The van der Waals surface area contributed by atoms with Crippen LogP contribution in [-0.4, -0.2) is 28.8 Å². The fourth-order valence-electron chi connectivity index (χ4n) is 2.75. The van der Waals surface area contributed by atoms with E-state index >= 15 is 0 Å². The van der Waals surface area contributed by atoms with E-state index in [1.807, 2.05) is 0 Å². The number of hydrogen-bond acceptors (Lipinski definition) is 7. The van der Waals surface area contributed by atoms with Gasteiger partial charge in [0.2, 0.25) is 12.5 Å². The summed E-state index contributed by atoms with van der Waals surface area (Å²) in [6.07, 6.45) is 1.48. The van der Waals surface area contributed by atoms with Crippen molar-refractivity contribution in [2.24, 2.45) is 0 Å². The number of nitrogens with zero attached hydrogens (tertiary/aromatic N) is 1. The van der Waals surface area contributed by atoms with Crippen LogP contribution < -0.4 is 18.7 Å². The summed E-state index contributed by atoms with van der Waals surface area (Å²) in [5.41, 5.74) is 2.66. The van der Waals surface area contributed by atoms with Crippen LogP contribution in [0.25, 0.3) is 22.4 Å². The Morgan fingerprint density at radius 2 is 1.89 bits per heavy atom. The number of fused-ring (bicyclic) bond motifs is 1. The highest BCUT2D eigenvalue weighted by atomic mass is 31.2. The molecule has 0 spiro atoms. The number of benzene rings is 2. The molecule has 2 aromatic carbocycles. The van der Waals surface area contributed by atoms with Crippen LogP contribution in [0.15, 0.2) is 47.2 Å². The van der Waals surface area contributed by atoms with Crippen molar-refractivity contribution in [1.29, 1.82) is 0 Å². The van der Waals surface area contributed by atoms with E-state index in [2.05, 4.69) is 9.68 Å². The second-order valence-corrected chi connectivity index (χ2v) is 6.76. The van der Waals surface area contributed by atoms with Gasteiger partial charge in [-0.05, 0) is 29.8 Å². The molecule has 0 radical (unpaired) electrons. The maximum absolute atomic E-state index is 10.9. The summed E-state index contributed by atoms with van der Waals surface area (Å²) in [7, 11) is -3.08. The first-order valence-corrected chi connectivity index (χ1v) is 9.25. The highest BCUT2D eigenvalue weighted by Gasteiger charge is 2.23. The summed E-state index contributed by atoms with van der Waals surface area (Å²) in [4.78, 5) is 17.7. The molecule has 2 N–H and O–H groups in total. The van der Waals surface area contributed by atoms with Crippen molar-refractivity contribution < 1.29 is 37.6 Å². The van der Waals surface area contributed by atoms with E-state index < -0.39 is 7.82 Å². The first-order valence-electron chi connectivity index (χ1n) is 7.72. The van der Waals surface area contributed by atoms with Crippen molar-refractivity contribution >= 4 is 7.82 Å². The zero-order chi connectivity index (χ0) is 19.0. The topological polar surface area (TPSA) is 120 Å². The average molecular weight is 391 g/mol. The van der Waals surface area contributed by atoms with Gasteiger partial charge in [0, 0.05) is 11.1 Å². The van der Waals surface area contributed by atoms with Crippen molar-refractivity contribution in [1.82, 2.24) is 5.16 Å². The molecule has 0 fully saturated rings. The highest BCUT2D eigenvalue weighted by Crippen LogP contribution is 2.45. The molecule has 1 aliphatic rings. The minimum atomic E-state index is -4.61. The van der Waals surface area contributed by atoms with E-state index in [1.165, 1.54) is 25.5 Å². The standard InChI is InChI=1S/C17H14NO8P/c1-22-14-6-11(7-15-17(14)24-9-23-15)16-13(8-25-18-16)10-2-4-12(5-3-10)26-27(19,20)21/h2-8H,9H2,1H3,(H2,19,20,21). The molecule has 9 nitrogen and oxygen atoms in total. The van der Waals surface area contributed by atoms with Gasteiger partial charge in [-0.2, -0.15) is 0 Å². The second-order valence-electron chi connectivity index (χ2n) is 5.60. The predicted molar refractivity (Wildman–Crippen MR) is 92.7 cm³/mol. The Bertz CT molecular complexity index is 1020. The van der Waals surface area contributed by atoms with E-state index in [0.29, 0.717) is 34.1 Å². The van der Waals surface area contributed by atoms with Gasteiger partial charge in [0.1, 0.15) is 17.7 Å². The molecular weight excluding hydrogens is 377 g/mol. The molecule has 0 atom stereocenters. The van der Waals surface area contributed by atoms with Crippen LogP contribution >= 0.6 is 7.82 Å². The van der Waals surface area contributed by atoms with E-state index in [1.54, 1.807) is 24.3 Å². The molecule has 0 aliphatic carbocycles. The van der Waals surface area contributed by atoms with Crippen LogP contribution in [0, 0.1) is 0 Å². The Morgan fingerprint density at radius 1 is 1.11 bits per heavy atom. The zero-order valence-corrected chi connectivity index (χ0v) is 14.9. The van der Waals surface area contributed by atoms with E-state index in [0.717, 1.165) is 5.56 Å². The van der Waals surface area contributed by atoms with Gasteiger partial charge in [0.25, 0.3) is 0 Å². The highest BCUT2D eigenvalue weighted by molar-refractivity contribution is 7.46. The fourth-order valence-corrected chi connectivity index (χ4v) is 3.15. The van der Waals surface area contributed by atoms with Gasteiger partial charge in [-0.3, -0.25) is 9.79 Å². The maximum Gasteiger partial charge on any atom is 0.524 e. The lowest BCUT2D eigenvalue weighted by Crippen LogP contribution is -1.93. The molecule has 0 unspecified atom stereocenters. The summed E-state index contributed by atoms with van der Waals surface area (Å²) in [5.74, 6) is 1.64. The lowest BCUT2D eigenvalue weighted by atomic mass is 10.0. The number of ether oxygens (including phenoxy) is 3. The smallest absolute Gasteiger partial charge is 0.493 e. The molecule has 1 aromatic heterocycles. The number of phosphoric acid groups is 1. The van der Waals surface area contributed by atoms with Crippen LogP contribution in [0.4, 0.5) is 0 Å². The molecule has 0 amide bonds. The third kappa shape index (κ3) is 3.48. The molecule has 0 saturated carbocycles. The van der Waals surface area contributed by atoms with Crippen molar-refractivity contribution in [2.75, 3.05) is 13.9 Å². The third-order valence-electron chi connectivity index (χ3n) is 3.89. The van der Waals surface area contributed by atoms with Gasteiger partial charge in [0.15, 0.2) is 11.5 Å². The van der Waals surface area contributed by atoms with Crippen LogP contribution in [-0.2, 0) is 4.57 Å². The Kier molecular flexibility index (Phi) is 4.27. The lowest BCUT2D eigenvalue weighted by molar-refractivity contribution is 0.171. The van der Waals surface area contributed by atoms with Crippen molar-refractivity contribution in [3.8, 4) is 45.4 Å². The first kappa shape index (κ1) is 17.4. The number of phosphoric ester groups is 1. The van der Waals surface area contributed by atoms with E-state index in [9.17, 15) is 4.57 Å². The summed E-state index contributed by atoms with van der Waals surface area (Å²) in [6, 6.07) is 9.73. The van der Waals surface area contributed by atoms with E-state index in [-0.39, 0.29) is 12.5 Å². The molecule has 4 rings (SSSR count). The molecule has 27 heavy (non-hydrogen) atoms. The number of rotatable bonds is 5. The molecular formula is C17H14NO8P. The van der Waals surface area contributed by atoms with Crippen molar-refractivity contribution in [3.63, 3.8) is 0 Å². The van der Waals surface area contributed by atoms with Crippen molar-refractivity contribution in [3.05, 3.63) is 42.7 Å². The Morgan fingerprint density at radius 3 is 2.59 bits per heavy atom. The normalized spacial score (nSPS) is 12.9. The second kappa shape index (κ2) is 6.62. The van der Waals surface area contributed by atoms with Crippen LogP contribution in [0.5, 0.6) is 23.0 Å². The lowest BCUT2D eigenvalue weighted by Gasteiger charge is -2.09. The minimum absolute atomic E-state index is 0.0508. The van der Waals surface area contributed by atoms with Crippen LogP contribution in [0.3, 0.4) is 0 Å². The Balaban J connectivity index is 1.71. The molecule has 0 saturated heterocycles. The fraction of sp³-hybridized carbons (Fsp3) is 0.118. The molecule has 2 heterocycles. The number of methoxy groups -OCH3 is 1.